The third-order valence-corrected chi connectivity index (χ3v) is 2.65. The summed E-state index contributed by atoms with van der Waals surface area (Å²) in [6.07, 6.45) is -5.83. The quantitative estimate of drug-likeness (QED) is 0.775. The van der Waals surface area contributed by atoms with Gasteiger partial charge in [-0.15, -0.1) is 0 Å². The standard InChI is InChI=1S/C9H15BrF3NO/c1-6(2)7(5-10)14-8(15)3-4-9(11,12)13/h6-7H,3-5H2,1-2H3,(H,14,15). The van der Waals surface area contributed by atoms with Crippen molar-refractivity contribution in [1.82, 2.24) is 5.32 Å². The van der Waals surface area contributed by atoms with Crippen LogP contribution in [-0.4, -0.2) is 23.5 Å². The molecule has 1 amide bonds. The van der Waals surface area contributed by atoms with Gasteiger partial charge in [-0.3, -0.25) is 4.79 Å². The summed E-state index contributed by atoms with van der Waals surface area (Å²) in [7, 11) is 0. The Morgan fingerprint density at radius 3 is 2.27 bits per heavy atom. The predicted octanol–water partition coefficient (Wildman–Crippen LogP) is 2.86. The van der Waals surface area contributed by atoms with E-state index in [0.29, 0.717) is 5.33 Å². The fraction of sp³-hybridized carbons (Fsp3) is 0.889. The molecule has 15 heavy (non-hydrogen) atoms. The minimum absolute atomic E-state index is 0.120. The monoisotopic (exact) mass is 289 g/mol. The molecule has 0 aliphatic rings. The highest BCUT2D eigenvalue weighted by Gasteiger charge is 2.28. The van der Waals surface area contributed by atoms with Crippen molar-refractivity contribution in [2.45, 2.75) is 38.9 Å². The Bertz CT molecular complexity index is 206. The van der Waals surface area contributed by atoms with Gasteiger partial charge in [0.15, 0.2) is 0 Å². The van der Waals surface area contributed by atoms with Gasteiger partial charge < -0.3 is 5.32 Å². The summed E-state index contributed by atoms with van der Waals surface area (Å²) in [4.78, 5) is 11.1. The summed E-state index contributed by atoms with van der Waals surface area (Å²) in [5.41, 5.74) is 0. The van der Waals surface area contributed by atoms with E-state index in [9.17, 15) is 18.0 Å². The smallest absolute Gasteiger partial charge is 0.352 e. The molecule has 0 bridgehead atoms. The van der Waals surface area contributed by atoms with E-state index in [1.54, 1.807) is 0 Å². The SMILES string of the molecule is CC(C)C(CBr)NC(=O)CCC(F)(F)F. The highest BCUT2D eigenvalue weighted by Crippen LogP contribution is 2.21. The van der Waals surface area contributed by atoms with E-state index in [0.717, 1.165) is 0 Å². The third-order valence-electron chi connectivity index (χ3n) is 1.95. The molecule has 0 heterocycles. The van der Waals surface area contributed by atoms with Crippen LogP contribution in [0.3, 0.4) is 0 Å². The van der Waals surface area contributed by atoms with E-state index >= 15 is 0 Å². The molecular weight excluding hydrogens is 275 g/mol. The topological polar surface area (TPSA) is 29.1 Å². The van der Waals surface area contributed by atoms with Crippen molar-refractivity contribution in [3.8, 4) is 0 Å². The van der Waals surface area contributed by atoms with Crippen LogP contribution in [-0.2, 0) is 4.79 Å². The lowest BCUT2D eigenvalue weighted by molar-refractivity contribution is -0.144. The normalized spacial score (nSPS) is 14.1. The molecule has 0 saturated heterocycles. The van der Waals surface area contributed by atoms with Crippen LogP contribution in [0.25, 0.3) is 0 Å². The largest absolute Gasteiger partial charge is 0.389 e. The third kappa shape index (κ3) is 7.64. The summed E-state index contributed by atoms with van der Waals surface area (Å²) in [6, 6.07) is -0.120. The number of halogens is 4. The molecular formula is C9H15BrF3NO. The second kappa shape index (κ2) is 6.35. The molecule has 0 aliphatic carbocycles. The number of hydrogen-bond acceptors (Lipinski definition) is 1. The highest BCUT2D eigenvalue weighted by molar-refractivity contribution is 9.09. The van der Waals surface area contributed by atoms with Crippen LogP contribution in [0, 0.1) is 5.92 Å². The molecule has 2 nitrogen and oxygen atoms in total. The average molecular weight is 290 g/mol. The molecule has 1 N–H and O–H groups in total. The van der Waals surface area contributed by atoms with Gasteiger partial charge in [0.1, 0.15) is 0 Å². The molecule has 0 spiro atoms. The van der Waals surface area contributed by atoms with Gasteiger partial charge >= 0.3 is 6.18 Å². The Hall–Kier alpha value is -0.260. The van der Waals surface area contributed by atoms with Crippen molar-refractivity contribution in [2.24, 2.45) is 5.92 Å². The van der Waals surface area contributed by atoms with Crippen LogP contribution in [0.15, 0.2) is 0 Å². The lowest BCUT2D eigenvalue weighted by Gasteiger charge is -2.20. The first-order valence-corrected chi connectivity index (χ1v) is 5.80. The molecule has 0 radical (unpaired) electrons. The van der Waals surface area contributed by atoms with Crippen molar-refractivity contribution < 1.29 is 18.0 Å². The van der Waals surface area contributed by atoms with Crippen molar-refractivity contribution in [2.75, 3.05) is 5.33 Å². The summed E-state index contributed by atoms with van der Waals surface area (Å²) in [6.45, 7) is 3.80. The van der Waals surface area contributed by atoms with Gasteiger partial charge in [-0.2, -0.15) is 13.2 Å². The van der Waals surface area contributed by atoms with Crippen LogP contribution < -0.4 is 5.32 Å². The first-order valence-electron chi connectivity index (χ1n) is 4.68. The zero-order valence-corrected chi connectivity index (χ0v) is 10.3. The van der Waals surface area contributed by atoms with Gasteiger partial charge in [-0.1, -0.05) is 29.8 Å². The van der Waals surface area contributed by atoms with Gasteiger partial charge in [0.05, 0.1) is 6.42 Å². The van der Waals surface area contributed by atoms with Crippen LogP contribution in [0.1, 0.15) is 26.7 Å². The fourth-order valence-corrected chi connectivity index (χ4v) is 1.83. The van der Waals surface area contributed by atoms with Crippen molar-refractivity contribution in [3.05, 3.63) is 0 Å². The first-order chi connectivity index (χ1) is 6.76. The van der Waals surface area contributed by atoms with E-state index in [2.05, 4.69) is 21.2 Å². The lowest BCUT2D eigenvalue weighted by atomic mass is 10.1. The highest BCUT2D eigenvalue weighted by atomic mass is 79.9. The van der Waals surface area contributed by atoms with E-state index in [-0.39, 0.29) is 12.0 Å². The molecule has 0 aromatic heterocycles. The van der Waals surface area contributed by atoms with Gasteiger partial charge in [0.2, 0.25) is 5.91 Å². The number of alkyl halides is 4. The summed E-state index contributed by atoms with van der Waals surface area (Å²) >= 11 is 3.20. The molecule has 0 aromatic carbocycles. The second-order valence-corrected chi connectivity index (χ2v) is 4.33. The van der Waals surface area contributed by atoms with Gasteiger partial charge in [0.25, 0.3) is 0 Å². The van der Waals surface area contributed by atoms with E-state index < -0.39 is 24.9 Å². The van der Waals surface area contributed by atoms with Crippen molar-refractivity contribution >= 4 is 21.8 Å². The van der Waals surface area contributed by atoms with Crippen LogP contribution >= 0.6 is 15.9 Å². The van der Waals surface area contributed by atoms with Crippen LogP contribution in [0.4, 0.5) is 13.2 Å². The molecule has 0 rings (SSSR count). The predicted molar refractivity (Wildman–Crippen MR) is 55.9 cm³/mol. The minimum atomic E-state index is -4.26. The first kappa shape index (κ1) is 14.7. The Morgan fingerprint density at radius 1 is 1.40 bits per heavy atom. The maximum absolute atomic E-state index is 11.8. The Balaban J connectivity index is 3.92. The fourth-order valence-electron chi connectivity index (χ4n) is 0.918. The van der Waals surface area contributed by atoms with Crippen molar-refractivity contribution in [3.63, 3.8) is 0 Å². The summed E-state index contributed by atoms with van der Waals surface area (Å²) < 4.78 is 35.4. The molecule has 1 unspecified atom stereocenters. The molecule has 6 heteroatoms. The van der Waals surface area contributed by atoms with Gasteiger partial charge in [-0.05, 0) is 5.92 Å². The molecule has 0 fully saturated rings. The van der Waals surface area contributed by atoms with Gasteiger partial charge in [-0.25, -0.2) is 0 Å². The number of rotatable bonds is 5. The summed E-state index contributed by atoms with van der Waals surface area (Å²) in [5.74, 6) is -0.357. The van der Waals surface area contributed by atoms with Gasteiger partial charge in [0, 0.05) is 17.8 Å². The van der Waals surface area contributed by atoms with Crippen LogP contribution in [0.2, 0.25) is 0 Å². The number of carbonyl (C=O) groups is 1. The van der Waals surface area contributed by atoms with E-state index in [1.807, 2.05) is 13.8 Å². The number of hydrogen-bond donors (Lipinski definition) is 1. The lowest BCUT2D eigenvalue weighted by Crippen LogP contribution is -2.40. The number of amides is 1. The van der Waals surface area contributed by atoms with E-state index in [4.69, 9.17) is 0 Å². The molecule has 0 saturated carbocycles. The maximum Gasteiger partial charge on any atom is 0.389 e. The Kier molecular flexibility index (Phi) is 6.24. The minimum Gasteiger partial charge on any atom is -0.352 e. The average Bonchev–Trinajstić information content (AvgIpc) is 2.09. The second-order valence-electron chi connectivity index (χ2n) is 3.69. The molecule has 90 valence electrons. The molecule has 0 aliphatic heterocycles. The Labute approximate surface area is 95.7 Å². The number of carbonyl (C=O) groups excluding carboxylic acids is 1. The Morgan fingerprint density at radius 2 is 1.93 bits per heavy atom. The number of nitrogens with one attached hydrogen (secondary N) is 1. The summed E-state index contributed by atoms with van der Waals surface area (Å²) in [5, 5.41) is 3.10. The molecule has 0 aromatic rings. The molecule has 1 atom stereocenters. The zero-order chi connectivity index (χ0) is 12.1. The van der Waals surface area contributed by atoms with Crippen molar-refractivity contribution in [1.29, 1.82) is 0 Å². The zero-order valence-electron chi connectivity index (χ0n) is 8.70. The van der Waals surface area contributed by atoms with Crippen LogP contribution in [0.5, 0.6) is 0 Å². The maximum atomic E-state index is 11.8. The van der Waals surface area contributed by atoms with E-state index in [1.165, 1.54) is 0 Å².